The van der Waals surface area contributed by atoms with Crippen LogP contribution in [0.2, 0.25) is 0 Å². The Bertz CT molecular complexity index is 581. The summed E-state index contributed by atoms with van der Waals surface area (Å²) in [5, 5.41) is 8.97. The van der Waals surface area contributed by atoms with Crippen molar-refractivity contribution < 1.29 is 14.6 Å². The van der Waals surface area contributed by atoms with Crippen LogP contribution in [0.25, 0.3) is 0 Å². The minimum absolute atomic E-state index is 0.183. The van der Waals surface area contributed by atoms with E-state index in [1.54, 1.807) is 6.08 Å². The largest absolute Gasteiger partial charge is 0.450 e. The molecule has 0 radical (unpaired) electrons. The second kappa shape index (κ2) is 5.32. The number of aliphatic hydroxyl groups is 1. The van der Waals surface area contributed by atoms with E-state index in [0.717, 1.165) is 30.5 Å². The summed E-state index contributed by atoms with van der Waals surface area (Å²) in [6.45, 7) is 4.99. The molecule has 21 heavy (non-hydrogen) atoms. The van der Waals surface area contributed by atoms with Crippen LogP contribution in [-0.4, -0.2) is 46.8 Å². The first kappa shape index (κ1) is 14.4. The number of nitrogens with zero attached hydrogens (tertiary/aromatic N) is 1. The zero-order chi connectivity index (χ0) is 15.0. The van der Waals surface area contributed by atoms with Crippen LogP contribution in [0.3, 0.4) is 0 Å². The second-order valence-electron chi connectivity index (χ2n) is 6.12. The van der Waals surface area contributed by atoms with E-state index in [4.69, 9.17) is 9.84 Å². The molecular formula is C17H21NO3. The summed E-state index contributed by atoms with van der Waals surface area (Å²) in [6.07, 6.45) is 7.03. The number of piperidine rings is 1. The molecule has 3 aliphatic rings. The van der Waals surface area contributed by atoms with Gasteiger partial charge in [0.25, 0.3) is 0 Å². The van der Waals surface area contributed by atoms with Gasteiger partial charge in [0, 0.05) is 23.3 Å². The van der Waals surface area contributed by atoms with E-state index in [0.29, 0.717) is 0 Å². The molecule has 0 unspecified atom stereocenters. The lowest BCUT2D eigenvalue weighted by Crippen LogP contribution is -2.55. The van der Waals surface area contributed by atoms with Gasteiger partial charge in [0.1, 0.15) is 6.61 Å². The molecule has 0 aromatic heterocycles. The summed E-state index contributed by atoms with van der Waals surface area (Å²) in [7, 11) is 0. The van der Waals surface area contributed by atoms with Gasteiger partial charge < -0.3 is 9.84 Å². The van der Waals surface area contributed by atoms with Crippen LogP contribution in [0.1, 0.15) is 33.1 Å². The molecule has 0 amide bonds. The lowest BCUT2D eigenvalue weighted by molar-refractivity contribution is -0.151. The van der Waals surface area contributed by atoms with Crippen molar-refractivity contribution in [2.75, 3.05) is 13.2 Å². The third kappa shape index (κ3) is 2.31. The van der Waals surface area contributed by atoms with E-state index in [2.05, 4.69) is 29.7 Å². The third-order valence-corrected chi connectivity index (χ3v) is 4.81. The standard InChI is InChI=1S/C17H21NO3/c1-12-10-13(6-5-9-19)14-11-16(20)21-17(14,2)15-7-3-4-8-18(12)15/h10-12,15,19H,3-4,7-9H2,1-2H3/t12-,15+,17-/m0/s1. The summed E-state index contributed by atoms with van der Waals surface area (Å²) in [5.41, 5.74) is 1.06. The summed E-state index contributed by atoms with van der Waals surface area (Å²) in [6, 6.07) is 0.448. The van der Waals surface area contributed by atoms with E-state index in [9.17, 15) is 4.79 Å². The average molecular weight is 287 g/mol. The van der Waals surface area contributed by atoms with Crippen LogP contribution < -0.4 is 0 Å². The molecule has 0 aromatic rings. The molecule has 3 heterocycles. The molecule has 3 aliphatic heterocycles. The number of ether oxygens (including phenoxy) is 1. The topological polar surface area (TPSA) is 49.8 Å². The van der Waals surface area contributed by atoms with Crippen molar-refractivity contribution in [3.63, 3.8) is 0 Å². The molecule has 0 aliphatic carbocycles. The lowest BCUT2D eigenvalue weighted by atomic mass is 9.81. The van der Waals surface area contributed by atoms with E-state index in [1.165, 1.54) is 6.42 Å². The lowest BCUT2D eigenvalue weighted by Gasteiger charge is -2.45. The van der Waals surface area contributed by atoms with Crippen molar-refractivity contribution in [1.29, 1.82) is 0 Å². The third-order valence-electron chi connectivity index (χ3n) is 4.81. The van der Waals surface area contributed by atoms with Crippen LogP contribution in [0, 0.1) is 11.8 Å². The predicted molar refractivity (Wildman–Crippen MR) is 79.3 cm³/mol. The fourth-order valence-corrected chi connectivity index (χ4v) is 3.85. The predicted octanol–water partition coefficient (Wildman–Crippen LogP) is 1.41. The number of rotatable bonds is 0. The van der Waals surface area contributed by atoms with Gasteiger partial charge in [-0.15, -0.1) is 0 Å². The Morgan fingerprint density at radius 3 is 3.10 bits per heavy atom. The second-order valence-corrected chi connectivity index (χ2v) is 6.12. The van der Waals surface area contributed by atoms with Gasteiger partial charge in [-0.05, 0) is 33.2 Å². The highest BCUT2D eigenvalue weighted by atomic mass is 16.6. The molecule has 0 bridgehead atoms. The van der Waals surface area contributed by atoms with E-state index >= 15 is 0 Å². The van der Waals surface area contributed by atoms with Gasteiger partial charge in [-0.2, -0.15) is 0 Å². The summed E-state index contributed by atoms with van der Waals surface area (Å²) >= 11 is 0. The molecule has 112 valence electrons. The Kier molecular flexibility index (Phi) is 3.64. The highest BCUT2D eigenvalue weighted by Crippen LogP contribution is 2.44. The maximum atomic E-state index is 11.9. The SMILES string of the molecule is C[C@H]1C=C(C#CCO)C2=CC(=O)O[C@]2(C)[C@H]2CCCCN12. The van der Waals surface area contributed by atoms with Crippen molar-refractivity contribution in [1.82, 2.24) is 4.90 Å². The normalized spacial score (nSPS) is 35.5. The first-order valence-corrected chi connectivity index (χ1v) is 7.59. The number of carbonyl (C=O) groups is 1. The van der Waals surface area contributed by atoms with Crippen LogP contribution in [0.5, 0.6) is 0 Å². The van der Waals surface area contributed by atoms with Crippen molar-refractivity contribution in [3.8, 4) is 11.8 Å². The van der Waals surface area contributed by atoms with Gasteiger partial charge >= 0.3 is 5.97 Å². The fraction of sp³-hybridized carbons (Fsp3) is 0.588. The van der Waals surface area contributed by atoms with Crippen LogP contribution in [-0.2, 0) is 9.53 Å². The summed E-state index contributed by atoms with van der Waals surface area (Å²) in [4.78, 5) is 14.3. The Labute approximate surface area is 125 Å². The highest BCUT2D eigenvalue weighted by molar-refractivity contribution is 5.89. The van der Waals surface area contributed by atoms with Gasteiger partial charge in [-0.1, -0.05) is 24.3 Å². The molecule has 1 saturated heterocycles. The minimum Gasteiger partial charge on any atom is -0.450 e. The van der Waals surface area contributed by atoms with Crippen molar-refractivity contribution in [3.05, 3.63) is 23.3 Å². The maximum Gasteiger partial charge on any atom is 0.332 e. The summed E-state index contributed by atoms with van der Waals surface area (Å²) in [5.74, 6) is 5.42. The molecule has 1 fully saturated rings. The monoisotopic (exact) mass is 287 g/mol. The number of hydrogen-bond donors (Lipinski definition) is 1. The van der Waals surface area contributed by atoms with Crippen LogP contribution >= 0.6 is 0 Å². The Morgan fingerprint density at radius 1 is 1.52 bits per heavy atom. The molecular weight excluding hydrogens is 266 g/mol. The molecule has 4 heteroatoms. The Morgan fingerprint density at radius 2 is 2.33 bits per heavy atom. The maximum absolute atomic E-state index is 11.9. The molecule has 4 nitrogen and oxygen atoms in total. The first-order chi connectivity index (χ1) is 10.1. The van der Waals surface area contributed by atoms with Gasteiger partial charge in [-0.3, -0.25) is 4.90 Å². The highest BCUT2D eigenvalue weighted by Gasteiger charge is 2.51. The van der Waals surface area contributed by atoms with Gasteiger partial charge in [-0.25, -0.2) is 4.79 Å². The van der Waals surface area contributed by atoms with E-state index in [-0.39, 0.29) is 24.7 Å². The Hall–Kier alpha value is -1.57. The van der Waals surface area contributed by atoms with E-state index < -0.39 is 5.60 Å². The van der Waals surface area contributed by atoms with E-state index in [1.807, 2.05) is 6.92 Å². The van der Waals surface area contributed by atoms with Crippen LogP contribution in [0.4, 0.5) is 0 Å². The Balaban J connectivity index is 2.11. The molecule has 3 rings (SSSR count). The minimum atomic E-state index is -0.627. The zero-order valence-corrected chi connectivity index (χ0v) is 12.6. The smallest absolute Gasteiger partial charge is 0.332 e. The first-order valence-electron chi connectivity index (χ1n) is 7.59. The summed E-state index contributed by atoms with van der Waals surface area (Å²) < 4.78 is 5.72. The van der Waals surface area contributed by atoms with Crippen molar-refractivity contribution in [2.45, 2.75) is 50.8 Å². The number of fused-ring (bicyclic) bond motifs is 3. The molecule has 0 aromatic carbocycles. The number of esters is 1. The quantitative estimate of drug-likeness (QED) is 0.540. The van der Waals surface area contributed by atoms with Crippen molar-refractivity contribution in [2.24, 2.45) is 0 Å². The molecule has 0 spiro atoms. The fourth-order valence-electron chi connectivity index (χ4n) is 3.85. The molecule has 1 N–H and O–H groups in total. The number of carbonyl (C=O) groups excluding carboxylic acids is 1. The zero-order valence-electron chi connectivity index (χ0n) is 12.6. The molecule has 3 atom stereocenters. The van der Waals surface area contributed by atoms with Crippen molar-refractivity contribution >= 4 is 5.97 Å². The van der Waals surface area contributed by atoms with Gasteiger partial charge in [0.2, 0.25) is 0 Å². The van der Waals surface area contributed by atoms with Gasteiger partial charge in [0.05, 0.1) is 6.04 Å². The average Bonchev–Trinajstić information content (AvgIpc) is 2.75. The van der Waals surface area contributed by atoms with Gasteiger partial charge in [0.15, 0.2) is 5.60 Å². The number of aliphatic hydroxyl groups excluding tert-OH is 1. The number of hydrogen-bond acceptors (Lipinski definition) is 4. The van der Waals surface area contributed by atoms with Crippen LogP contribution in [0.15, 0.2) is 23.3 Å². The molecule has 0 saturated carbocycles.